The largest absolute Gasteiger partial charge is 0.497 e. The number of anilines is 2. The van der Waals surface area contributed by atoms with Crippen LogP contribution >= 0.6 is 0 Å². The number of fused-ring (bicyclic) bond motifs is 1. The molecule has 0 radical (unpaired) electrons. The molecule has 0 spiro atoms. The molecular formula is C24H24N2O4S. The van der Waals surface area contributed by atoms with E-state index in [9.17, 15) is 13.2 Å². The summed E-state index contributed by atoms with van der Waals surface area (Å²) in [5, 5.41) is 2.86. The van der Waals surface area contributed by atoms with E-state index in [1.54, 1.807) is 73.8 Å². The summed E-state index contributed by atoms with van der Waals surface area (Å²) in [5.74, 6) is 0.458. The van der Waals surface area contributed by atoms with Crippen LogP contribution in [0.2, 0.25) is 0 Å². The molecule has 1 aliphatic heterocycles. The Kier molecular flexibility index (Phi) is 5.45. The first kappa shape index (κ1) is 20.9. The number of ether oxygens (including phenoxy) is 1. The van der Waals surface area contributed by atoms with Gasteiger partial charge in [-0.05, 0) is 80.4 Å². The number of amides is 1. The summed E-state index contributed by atoms with van der Waals surface area (Å²) >= 11 is 0. The Labute approximate surface area is 182 Å². The van der Waals surface area contributed by atoms with E-state index in [1.807, 2.05) is 13.8 Å². The van der Waals surface area contributed by atoms with Crippen LogP contribution in [0.4, 0.5) is 11.4 Å². The molecule has 1 atom stereocenters. The quantitative estimate of drug-likeness (QED) is 0.643. The second-order valence-corrected chi connectivity index (χ2v) is 9.51. The highest BCUT2D eigenvalue weighted by Gasteiger charge is 2.36. The highest BCUT2D eigenvalue weighted by Crippen LogP contribution is 2.37. The molecular weight excluding hydrogens is 412 g/mol. The van der Waals surface area contributed by atoms with Crippen LogP contribution in [0.1, 0.15) is 28.4 Å². The van der Waals surface area contributed by atoms with E-state index in [-0.39, 0.29) is 16.8 Å². The lowest BCUT2D eigenvalue weighted by Gasteiger charge is -2.24. The van der Waals surface area contributed by atoms with Crippen molar-refractivity contribution >= 4 is 27.3 Å². The smallest absolute Gasteiger partial charge is 0.264 e. The molecule has 0 fully saturated rings. The summed E-state index contributed by atoms with van der Waals surface area (Å²) in [7, 11) is -2.10. The fraction of sp³-hybridized carbons (Fsp3) is 0.208. The van der Waals surface area contributed by atoms with Gasteiger partial charge in [0.15, 0.2) is 0 Å². The standard InChI is InChI=1S/C24H24N2O4S/c1-16-4-11-22(12-5-16)31(28,29)26-17(2)14-19-15-18(6-13-23(19)26)24(27)25-20-7-9-21(30-3)10-8-20/h4-13,15,17H,14H2,1-3H3,(H,25,27)/t17-/m0/s1. The zero-order chi connectivity index (χ0) is 22.2. The van der Waals surface area contributed by atoms with E-state index in [2.05, 4.69) is 5.32 Å². The van der Waals surface area contributed by atoms with Gasteiger partial charge in [-0.3, -0.25) is 9.10 Å². The summed E-state index contributed by atoms with van der Waals surface area (Å²) in [4.78, 5) is 13.0. The molecule has 7 heteroatoms. The van der Waals surface area contributed by atoms with E-state index in [4.69, 9.17) is 4.74 Å². The predicted molar refractivity (Wildman–Crippen MR) is 121 cm³/mol. The zero-order valence-electron chi connectivity index (χ0n) is 17.6. The number of methoxy groups -OCH3 is 1. The molecule has 0 saturated heterocycles. The fourth-order valence-electron chi connectivity index (χ4n) is 3.81. The molecule has 0 saturated carbocycles. The average Bonchev–Trinajstić information content (AvgIpc) is 3.10. The van der Waals surface area contributed by atoms with Gasteiger partial charge in [-0.25, -0.2) is 8.42 Å². The summed E-state index contributed by atoms with van der Waals surface area (Å²) in [6.45, 7) is 3.80. The van der Waals surface area contributed by atoms with Crippen LogP contribution in [0.15, 0.2) is 71.6 Å². The van der Waals surface area contributed by atoms with Gasteiger partial charge in [0.25, 0.3) is 15.9 Å². The third-order valence-electron chi connectivity index (χ3n) is 5.42. The Bertz CT molecular complexity index is 1220. The molecule has 160 valence electrons. The highest BCUT2D eigenvalue weighted by molar-refractivity contribution is 7.92. The lowest BCUT2D eigenvalue weighted by Crippen LogP contribution is -2.35. The normalized spacial score (nSPS) is 15.5. The summed E-state index contributed by atoms with van der Waals surface area (Å²) in [5.41, 5.74) is 3.60. The molecule has 1 N–H and O–H groups in total. The molecule has 1 amide bonds. The predicted octanol–water partition coefficient (Wildman–Crippen LogP) is 4.40. The van der Waals surface area contributed by atoms with Crippen LogP contribution in [0, 0.1) is 6.92 Å². The zero-order valence-corrected chi connectivity index (χ0v) is 18.4. The molecule has 1 aliphatic rings. The number of benzene rings is 3. The van der Waals surface area contributed by atoms with Crippen LogP contribution < -0.4 is 14.4 Å². The maximum absolute atomic E-state index is 13.3. The Balaban J connectivity index is 1.60. The van der Waals surface area contributed by atoms with Crippen molar-refractivity contribution in [2.75, 3.05) is 16.7 Å². The number of nitrogens with zero attached hydrogens (tertiary/aromatic N) is 1. The lowest BCUT2D eigenvalue weighted by atomic mass is 10.1. The molecule has 0 unspecified atom stereocenters. The number of hydrogen-bond donors (Lipinski definition) is 1. The molecule has 0 aromatic heterocycles. The number of sulfonamides is 1. The summed E-state index contributed by atoms with van der Waals surface area (Å²) < 4.78 is 33.1. The first-order valence-corrected chi connectivity index (χ1v) is 11.4. The first-order valence-electron chi connectivity index (χ1n) is 9.99. The van der Waals surface area contributed by atoms with Crippen molar-refractivity contribution in [1.29, 1.82) is 0 Å². The Morgan fingerprint density at radius 3 is 2.35 bits per heavy atom. The van der Waals surface area contributed by atoms with Crippen molar-refractivity contribution in [1.82, 2.24) is 0 Å². The van der Waals surface area contributed by atoms with Gasteiger partial charge in [0.1, 0.15) is 5.75 Å². The van der Waals surface area contributed by atoms with E-state index in [0.29, 0.717) is 29.1 Å². The lowest BCUT2D eigenvalue weighted by molar-refractivity contribution is 0.102. The van der Waals surface area contributed by atoms with E-state index in [0.717, 1.165) is 11.1 Å². The minimum Gasteiger partial charge on any atom is -0.497 e. The SMILES string of the molecule is COc1ccc(NC(=O)c2ccc3c(c2)C[C@H](C)N3S(=O)(=O)c2ccc(C)cc2)cc1. The topological polar surface area (TPSA) is 75.7 Å². The second-order valence-electron chi connectivity index (χ2n) is 7.69. The summed E-state index contributed by atoms with van der Waals surface area (Å²) in [6, 6.07) is 18.8. The maximum atomic E-state index is 13.3. The molecule has 4 rings (SSSR count). The maximum Gasteiger partial charge on any atom is 0.264 e. The van der Waals surface area contributed by atoms with Gasteiger partial charge in [-0.2, -0.15) is 0 Å². The number of carbonyl (C=O) groups is 1. The molecule has 3 aromatic carbocycles. The van der Waals surface area contributed by atoms with Crippen LogP contribution in [0.3, 0.4) is 0 Å². The monoisotopic (exact) mass is 436 g/mol. The Morgan fingerprint density at radius 2 is 1.71 bits per heavy atom. The molecule has 0 bridgehead atoms. The number of rotatable bonds is 5. The van der Waals surface area contributed by atoms with E-state index >= 15 is 0 Å². The Hall–Kier alpha value is -3.32. The Morgan fingerprint density at radius 1 is 1.03 bits per heavy atom. The fourth-order valence-corrected chi connectivity index (χ4v) is 5.50. The van der Waals surface area contributed by atoms with Crippen LogP contribution in [-0.4, -0.2) is 27.5 Å². The van der Waals surface area contributed by atoms with E-state index in [1.165, 1.54) is 4.31 Å². The van der Waals surface area contributed by atoms with Crippen LogP contribution in [-0.2, 0) is 16.4 Å². The number of carbonyl (C=O) groups excluding carboxylic acids is 1. The second kappa shape index (κ2) is 8.07. The third kappa shape index (κ3) is 4.01. The van der Waals surface area contributed by atoms with Gasteiger partial charge in [-0.1, -0.05) is 17.7 Å². The van der Waals surface area contributed by atoms with Crippen molar-refractivity contribution in [2.24, 2.45) is 0 Å². The minimum absolute atomic E-state index is 0.235. The molecule has 6 nitrogen and oxygen atoms in total. The van der Waals surface area contributed by atoms with Gasteiger partial charge in [0, 0.05) is 17.3 Å². The molecule has 3 aromatic rings. The van der Waals surface area contributed by atoms with Crippen molar-refractivity contribution < 1.29 is 17.9 Å². The van der Waals surface area contributed by atoms with Crippen molar-refractivity contribution in [3.8, 4) is 5.75 Å². The van der Waals surface area contributed by atoms with Gasteiger partial charge in [0.05, 0.1) is 17.7 Å². The van der Waals surface area contributed by atoms with Gasteiger partial charge >= 0.3 is 0 Å². The van der Waals surface area contributed by atoms with Gasteiger partial charge in [0.2, 0.25) is 0 Å². The third-order valence-corrected chi connectivity index (χ3v) is 7.36. The van der Waals surface area contributed by atoms with E-state index < -0.39 is 10.0 Å². The van der Waals surface area contributed by atoms with Crippen molar-refractivity contribution in [2.45, 2.75) is 31.2 Å². The van der Waals surface area contributed by atoms with Gasteiger partial charge in [-0.15, -0.1) is 0 Å². The number of hydrogen-bond acceptors (Lipinski definition) is 4. The van der Waals surface area contributed by atoms with Crippen molar-refractivity contribution in [3.63, 3.8) is 0 Å². The number of nitrogens with one attached hydrogen (secondary N) is 1. The summed E-state index contributed by atoms with van der Waals surface area (Å²) in [6.07, 6.45) is 0.546. The van der Waals surface area contributed by atoms with Crippen LogP contribution in [0.5, 0.6) is 5.75 Å². The van der Waals surface area contributed by atoms with Crippen LogP contribution in [0.25, 0.3) is 0 Å². The average molecular weight is 437 g/mol. The minimum atomic E-state index is -3.69. The highest BCUT2D eigenvalue weighted by atomic mass is 32.2. The molecule has 31 heavy (non-hydrogen) atoms. The molecule has 0 aliphatic carbocycles. The molecule has 1 heterocycles. The number of aryl methyl sites for hydroxylation is 1. The van der Waals surface area contributed by atoms with Crippen molar-refractivity contribution in [3.05, 3.63) is 83.4 Å². The first-order chi connectivity index (χ1) is 14.8. The van der Waals surface area contributed by atoms with Gasteiger partial charge < -0.3 is 10.1 Å².